The number of hydrogen-bond donors (Lipinski definition) is 4. The van der Waals surface area contributed by atoms with Gasteiger partial charge in [0, 0.05) is 12.8 Å². The summed E-state index contributed by atoms with van der Waals surface area (Å²) in [6.07, 6.45) is -0.858. The zero-order valence-electron chi connectivity index (χ0n) is 10.9. The molecule has 120 valence electrons. The van der Waals surface area contributed by atoms with E-state index in [-0.39, 0.29) is 38.0 Å². The van der Waals surface area contributed by atoms with Crippen LogP contribution in [0.2, 0.25) is 0 Å². The smallest absolute Gasteiger partial charge is 0.337 e. The van der Waals surface area contributed by atoms with E-state index in [1.807, 2.05) is 0 Å². The largest absolute Gasteiger partial charge is 0.481 e. The molecule has 0 heterocycles. The zero-order valence-corrected chi connectivity index (χ0v) is 11.7. The Hall–Kier alpha value is -1.85. The lowest BCUT2D eigenvalue weighted by atomic mass is 10.2. The topological polar surface area (TPSA) is 179 Å². The summed E-state index contributed by atoms with van der Waals surface area (Å²) >= 11 is 0.0407. The van der Waals surface area contributed by atoms with E-state index in [1.165, 1.54) is 0 Å². The second-order valence-corrected chi connectivity index (χ2v) is 4.42. The molecule has 0 saturated heterocycles. The maximum Gasteiger partial charge on any atom is 0.337 e. The molecule has 11 heteroatoms. The van der Waals surface area contributed by atoms with Crippen LogP contribution in [-0.4, -0.2) is 46.2 Å². The third-order valence-electron chi connectivity index (χ3n) is 2.18. The van der Waals surface area contributed by atoms with Crippen molar-refractivity contribution in [2.24, 2.45) is 11.5 Å². The van der Waals surface area contributed by atoms with Crippen LogP contribution in [0.25, 0.3) is 0 Å². The Morgan fingerprint density at radius 1 is 0.857 bits per heavy atom. The molecule has 0 spiro atoms. The Balaban J connectivity index is 3.91. The summed E-state index contributed by atoms with van der Waals surface area (Å²) in [5.41, 5.74) is 10.7. The fourth-order valence-electron chi connectivity index (χ4n) is 1.00. The number of carbonyl (C=O) groups excluding carboxylic acids is 2. The Labute approximate surface area is 124 Å². The van der Waals surface area contributed by atoms with Crippen molar-refractivity contribution < 1.29 is 37.8 Å². The van der Waals surface area contributed by atoms with Gasteiger partial charge in [-0.2, -0.15) is 0 Å². The summed E-state index contributed by atoms with van der Waals surface area (Å²) in [4.78, 5) is 43.1. The molecule has 0 amide bonds. The van der Waals surface area contributed by atoms with Crippen molar-refractivity contribution in [3.05, 3.63) is 0 Å². The summed E-state index contributed by atoms with van der Waals surface area (Å²) in [5.74, 6) is -4.12. The van der Waals surface area contributed by atoms with E-state index in [0.717, 1.165) is 0 Å². The van der Waals surface area contributed by atoms with E-state index < -0.39 is 36.0 Å². The Morgan fingerprint density at radius 2 is 1.19 bits per heavy atom. The predicted octanol–water partition coefficient (Wildman–Crippen LogP) is -0.980. The first-order valence-electron chi connectivity index (χ1n) is 5.77. The van der Waals surface area contributed by atoms with Gasteiger partial charge in [0.05, 0.1) is 0 Å². The van der Waals surface area contributed by atoms with E-state index in [0.29, 0.717) is 0 Å². The third kappa shape index (κ3) is 9.65. The molecule has 0 aliphatic carbocycles. The third-order valence-corrected chi connectivity index (χ3v) is 2.64. The van der Waals surface area contributed by atoms with Crippen LogP contribution >= 0.6 is 12.3 Å². The quantitative estimate of drug-likeness (QED) is 0.363. The van der Waals surface area contributed by atoms with E-state index in [9.17, 15) is 19.2 Å². The van der Waals surface area contributed by atoms with E-state index in [4.69, 9.17) is 21.7 Å². The SMILES string of the molecule is N[C@@H](CCC(=O)O)C(=O)OSOC(=O)[C@@H](N)CCC(=O)O. The molecule has 6 N–H and O–H groups in total. The van der Waals surface area contributed by atoms with Crippen LogP contribution in [-0.2, 0) is 27.5 Å². The number of aliphatic carboxylic acids is 2. The molecular weight excluding hydrogens is 308 g/mol. The van der Waals surface area contributed by atoms with Gasteiger partial charge in [0.25, 0.3) is 12.3 Å². The molecule has 0 radical (unpaired) electrons. The molecule has 0 aliphatic rings. The highest BCUT2D eigenvalue weighted by molar-refractivity contribution is 7.90. The Bertz CT molecular complexity index is 367. The van der Waals surface area contributed by atoms with Gasteiger partial charge >= 0.3 is 23.9 Å². The summed E-state index contributed by atoms with van der Waals surface area (Å²) in [6, 6.07) is -2.32. The van der Waals surface area contributed by atoms with Crippen LogP contribution in [0.15, 0.2) is 0 Å². The van der Waals surface area contributed by atoms with E-state index in [2.05, 4.69) is 8.37 Å². The molecule has 0 aliphatic heterocycles. The number of carbonyl (C=O) groups is 4. The summed E-state index contributed by atoms with van der Waals surface area (Å²) in [5, 5.41) is 16.8. The minimum atomic E-state index is -1.16. The predicted molar refractivity (Wildman–Crippen MR) is 69.5 cm³/mol. The highest BCUT2D eigenvalue weighted by Gasteiger charge is 2.21. The first-order valence-corrected chi connectivity index (χ1v) is 6.44. The second-order valence-electron chi connectivity index (χ2n) is 3.95. The van der Waals surface area contributed by atoms with Gasteiger partial charge in [-0.25, -0.2) is 9.59 Å². The van der Waals surface area contributed by atoms with Crippen molar-refractivity contribution in [3.8, 4) is 0 Å². The van der Waals surface area contributed by atoms with Gasteiger partial charge in [-0.05, 0) is 12.8 Å². The molecule has 0 aromatic rings. The van der Waals surface area contributed by atoms with Crippen LogP contribution in [0.1, 0.15) is 25.7 Å². The monoisotopic (exact) mass is 324 g/mol. The molecule has 0 aromatic carbocycles. The molecule has 0 bridgehead atoms. The molecule has 2 atom stereocenters. The van der Waals surface area contributed by atoms with Crippen LogP contribution in [0.3, 0.4) is 0 Å². The van der Waals surface area contributed by atoms with Gasteiger partial charge in [-0.3, -0.25) is 9.59 Å². The molecule has 10 nitrogen and oxygen atoms in total. The highest BCUT2D eigenvalue weighted by Crippen LogP contribution is 2.10. The summed E-state index contributed by atoms with van der Waals surface area (Å²) in [6.45, 7) is 0. The van der Waals surface area contributed by atoms with Gasteiger partial charge in [-0.1, -0.05) is 0 Å². The van der Waals surface area contributed by atoms with Gasteiger partial charge in [0.2, 0.25) is 0 Å². The van der Waals surface area contributed by atoms with Gasteiger partial charge in [-0.15, -0.1) is 0 Å². The summed E-state index contributed by atoms with van der Waals surface area (Å²) < 4.78 is 8.85. The van der Waals surface area contributed by atoms with Crippen molar-refractivity contribution in [2.45, 2.75) is 37.8 Å². The fraction of sp³-hybridized carbons (Fsp3) is 0.600. The molecule has 0 unspecified atom stereocenters. The molecule has 0 fully saturated rings. The second kappa shape index (κ2) is 9.96. The molecule has 21 heavy (non-hydrogen) atoms. The van der Waals surface area contributed by atoms with Crippen molar-refractivity contribution in [1.29, 1.82) is 0 Å². The lowest BCUT2D eigenvalue weighted by Gasteiger charge is -2.10. The van der Waals surface area contributed by atoms with Gasteiger partial charge < -0.3 is 30.0 Å². The minimum Gasteiger partial charge on any atom is -0.481 e. The van der Waals surface area contributed by atoms with Crippen molar-refractivity contribution >= 4 is 36.2 Å². The van der Waals surface area contributed by atoms with Crippen LogP contribution in [0.4, 0.5) is 0 Å². The van der Waals surface area contributed by atoms with Crippen molar-refractivity contribution in [2.75, 3.05) is 0 Å². The number of rotatable bonds is 10. The maximum absolute atomic E-state index is 11.3. The van der Waals surface area contributed by atoms with E-state index >= 15 is 0 Å². The number of carboxylic acids is 2. The summed E-state index contributed by atoms with van der Waals surface area (Å²) in [7, 11) is 0. The van der Waals surface area contributed by atoms with Crippen molar-refractivity contribution in [3.63, 3.8) is 0 Å². The Kier molecular flexibility index (Phi) is 9.08. The number of carboxylic acid groups (broad SMARTS) is 2. The maximum atomic E-state index is 11.3. The van der Waals surface area contributed by atoms with E-state index in [1.54, 1.807) is 0 Å². The van der Waals surface area contributed by atoms with Gasteiger partial charge in [0.1, 0.15) is 12.1 Å². The first kappa shape index (κ1) is 19.1. The van der Waals surface area contributed by atoms with Crippen molar-refractivity contribution in [1.82, 2.24) is 0 Å². The van der Waals surface area contributed by atoms with Crippen LogP contribution in [0.5, 0.6) is 0 Å². The lowest BCUT2D eigenvalue weighted by Crippen LogP contribution is -2.33. The molecular formula is C10H16N2O8S. The molecule has 0 aromatic heterocycles. The highest BCUT2D eigenvalue weighted by atomic mass is 32.2. The minimum absolute atomic E-state index is 0.0407. The number of hydrogen-bond acceptors (Lipinski definition) is 9. The number of nitrogens with two attached hydrogens (primary N) is 2. The first-order chi connectivity index (χ1) is 9.73. The van der Waals surface area contributed by atoms with Crippen LogP contribution in [0, 0.1) is 0 Å². The molecule has 0 rings (SSSR count). The van der Waals surface area contributed by atoms with Crippen LogP contribution < -0.4 is 11.5 Å². The normalized spacial score (nSPS) is 13.0. The fourth-order valence-corrected chi connectivity index (χ4v) is 1.42. The average molecular weight is 324 g/mol. The standard InChI is InChI=1S/C10H16N2O8S/c11-5(1-3-7(13)14)9(17)19-21-20-10(18)6(12)2-4-8(15)16/h5-6H,1-4,11-12H2,(H,13,14)(H,15,16)/t5-,6-/m0/s1. The lowest BCUT2D eigenvalue weighted by molar-refractivity contribution is -0.139. The Morgan fingerprint density at radius 3 is 1.48 bits per heavy atom. The van der Waals surface area contributed by atoms with Gasteiger partial charge in [0.15, 0.2) is 0 Å². The molecule has 0 saturated carbocycles. The zero-order chi connectivity index (χ0) is 16.4. The average Bonchev–Trinajstić information content (AvgIpc) is 2.41.